The second-order valence-electron chi connectivity index (χ2n) is 8.77. The first kappa shape index (κ1) is 22.0. The number of carbonyl (C=O) groups is 1. The predicted octanol–water partition coefficient (Wildman–Crippen LogP) is 3.82. The molecule has 0 radical (unpaired) electrons. The van der Waals surface area contributed by atoms with Gasteiger partial charge in [-0.1, -0.05) is 24.3 Å². The van der Waals surface area contributed by atoms with Crippen LogP contribution in [-0.4, -0.2) is 32.9 Å². The van der Waals surface area contributed by atoms with E-state index in [1.54, 1.807) is 24.7 Å². The second-order valence-corrected chi connectivity index (χ2v) is 8.77. The van der Waals surface area contributed by atoms with Crippen LogP contribution in [0.1, 0.15) is 41.6 Å². The maximum atomic E-state index is 13.0. The van der Waals surface area contributed by atoms with Gasteiger partial charge in [-0.25, -0.2) is 0 Å². The molecule has 7 heteroatoms. The van der Waals surface area contributed by atoms with Gasteiger partial charge in [0.05, 0.1) is 5.52 Å². The zero-order chi connectivity index (χ0) is 23.3. The molecule has 5 rings (SSSR count). The van der Waals surface area contributed by atoms with Crippen LogP contribution in [0.2, 0.25) is 0 Å². The Morgan fingerprint density at radius 2 is 1.82 bits per heavy atom. The standard InChI is InChI=1S/C27H27N5O2/c33-26-24(14-19(17-31-26)22-5-1-7-25-23(22)6-3-13-29-25)27(34)32-21-10-8-20(9-11-21)30-16-18-4-2-12-28-15-18/h1-7,12-15,17,20-21,30H,8-11,16H2,(H,31,33)(H,32,34). The summed E-state index contributed by atoms with van der Waals surface area (Å²) in [7, 11) is 0. The van der Waals surface area contributed by atoms with Crippen molar-refractivity contribution in [3.8, 4) is 11.1 Å². The van der Waals surface area contributed by atoms with Crippen LogP contribution in [0.5, 0.6) is 0 Å². The smallest absolute Gasteiger partial charge is 0.260 e. The van der Waals surface area contributed by atoms with Gasteiger partial charge in [0.25, 0.3) is 11.5 Å². The zero-order valence-electron chi connectivity index (χ0n) is 18.8. The summed E-state index contributed by atoms with van der Waals surface area (Å²) < 4.78 is 0. The molecule has 0 aliphatic heterocycles. The van der Waals surface area contributed by atoms with Gasteiger partial charge in [0, 0.05) is 48.8 Å². The minimum atomic E-state index is -0.383. The van der Waals surface area contributed by atoms with Crippen LogP contribution in [0.25, 0.3) is 22.0 Å². The Hall–Kier alpha value is -3.84. The average Bonchev–Trinajstić information content (AvgIpc) is 2.89. The van der Waals surface area contributed by atoms with E-state index in [1.807, 2.05) is 42.6 Å². The van der Waals surface area contributed by atoms with Crippen molar-refractivity contribution in [3.05, 3.63) is 94.8 Å². The van der Waals surface area contributed by atoms with Gasteiger partial charge in [0.15, 0.2) is 0 Å². The molecule has 0 atom stereocenters. The Morgan fingerprint density at radius 1 is 1.00 bits per heavy atom. The molecule has 0 saturated heterocycles. The van der Waals surface area contributed by atoms with Gasteiger partial charge in [-0.3, -0.25) is 19.6 Å². The lowest BCUT2D eigenvalue weighted by Crippen LogP contribution is -2.43. The molecule has 34 heavy (non-hydrogen) atoms. The summed E-state index contributed by atoms with van der Waals surface area (Å²) in [6.45, 7) is 0.793. The Kier molecular flexibility index (Phi) is 6.44. The monoisotopic (exact) mass is 453 g/mol. The number of nitrogens with zero attached hydrogens (tertiary/aromatic N) is 2. The van der Waals surface area contributed by atoms with Crippen LogP contribution >= 0.6 is 0 Å². The lowest BCUT2D eigenvalue weighted by atomic mass is 9.90. The van der Waals surface area contributed by atoms with Gasteiger partial charge in [0.1, 0.15) is 5.56 Å². The number of hydrogen-bond acceptors (Lipinski definition) is 5. The summed E-state index contributed by atoms with van der Waals surface area (Å²) in [6, 6.07) is 15.9. The van der Waals surface area contributed by atoms with Crippen LogP contribution < -0.4 is 16.2 Å². The van der Waals surface area contributed by atoms with Crippen molar-refractivity contribution in [2.24, 2.45) is 0 Å². The van der Waals surface area contributed by atoms with E-state index >= 15 is 0 Å². The number of nitrogens with one attached hydrogen (secondary N) is 3. The third-order valence-corrected chi connectivity index (χ3v) is 6.48. The SMILES string of the molecule is O=C(NC1CCC(NCc2cccnc2)CC1)c1cc(-c2cccc3ncccc23)c[nH]c1=O. The molecular weight excluding hydrogens is 426 g/mol. The number of carbonyl (C=O) groups excluding carboxylic acids is 1. The molecule has 7 nitrogen and oxygen atoms in total. The summed E-state index contributed by atoms with van der Waals surface area (Å²) in [5.41, 5.74) is 3.49. The molecule has 0 spiro atoms. The van der Waals surface area contributed by atoms with Crippen LogP contribution in [-0.2, 0) is 6.54 Å². The van der Waals surface area contributed by atoms with E-state index in [0.29, 0.717) is 6.04 Å². The number of aromatic amines is 1. The molecule has 1 aliphatic rings. The van der Waals surface area contributed by atoms with Crippen LogP contribution in [0.15, 0.2) is 78.1 Å². The maximum absolute atomic E-state index is 13.0. The van der Waals surface area contributed by atoms with E-state index in [-0.39, 0.29) is 23.1 Å². The molecule has 3 aromatic heterocycles. The average molecular weight is 454 g/mol. The highest BCUT2D eigenvalue weighted by Crippen LogP contribution is 2.27. The number of fused-ring (bicyclic) bond motifs is 1. The fourth-order valence-electron chi connectivity index (χ4n) is 4.63. The minimum absolute atomic E-state index is 0.0637. The molecular formula is C27H27N5O2. The van der Waals surface area contributed by atoms with Crippen molar-refractivity contribution in [3.63, 3.8) is 0 Å². The third kappa shape index (κ3) is 4.89. The van der Waals surface area contributed by atoms with Crippen molar-refractivity contribution >= 4 is 16.8 Å². The second kappa shape index (κ2) is 9.97. The van der Waals surface area contributed by atoms with Crippen molar-refractivity contribution < 1.29 is 4.79 Å². The van der Waals surface area contributed by atoms with Gasteiger partial charge in [-0.15, -0.1) is 0 Å². The largest absolute Gasteiger partial charge is 0.349 e. The number of pyridine rings is 3. The molecule has 172 valence electrons. The van der Waals surface area contributed by atoms with E-state index in [4.69, 9.17) is 0 Å². The van der Waals surface area contributed by atoms with Gasteiger partial charge >= 0.3 is 0 Å². The van der Waals surface area contributed by atoms with Crippen LogP contribution in [0.3, 0.4) is 0 Å². The third-order valence-electron chi connectivity index (χ3n) is 6.48. The number of H-pyrrole nitrogens is 1. The molecule has 0 unspecified atom stereocenters. The lowest BCUT2D eigenvalue weighted by molar-refractivity contribution is 0.0922. The van der Waals surface area contributed by atoms with Crippen molar-refractivity contribution in [2.75, 3.05) is 0 Å². The normalized spacial score (nSPS) is 18.0. The number of rotatable bonds is 6. The maximum Gasteiger partial charge on any atom is 0.260 e. The number of amides is 1. The highest BCUT2D eigenvalue weighted by atomic mass is 16.2. The van der Waals surface area contributed by atoms with Gasteiger partial charge in [-0.05, 0) is 66.6 Å². The molecule has 1 saturated carbocycles. The fourth-order valence-corrected chi connectivity index (χ4v) is 4.63. The van der Waals surface area contributed by atoms with Crippen LogP contribution in [0, 0.1) is 0 Å². The molecule has 3 heterocycles. The Bertz CT molecular complexity index is 1340. The first-order valence-corrected chi connectivity index (χ1v) is 11.7. The molecule has 1 amide bonds. The molecule has 4 aromatic rings. The van der Waals surface area contributed by atoms with Crippen molar-refractivity contribution in [2.45, 2.75) is 44.3 Å². The lowest BCUT2D eigenvalue weighted by Gasteiger charge is -2.29. The van der Waals surface area contributed by atoms with E-state index in [9.17, 15) is 9.59 Å². The number of hydrogen-bond donors (Lipinski definition) is 3. The first-order chi connectivity index (χ1) is 16.7. The topological polar surface area (TPSA) is 99.8 Å². The Morgan fingerprint density at radius 3 is 2.65 bits per heavy atom. The quantitative estimate of drug-likeness (QED) is 0.412. The van der Waals surface area contributed by atoms with Crippen LogP contribution in [0.4, 0.5) is 0 Å². The molecule has 1 aromatic carbocycles. The zero-order valence-corrected chi connectivity index (χ0v) is 18.8. The predicted molar refractivity (Wildman–Crippen MR) is 132 cm³/mol. The number of aromatic nitrogens is 3. The summed E-state index contributed by atoms with van der Waals surface area (Å²) >= 11 is 0. The molecule has 0 bridgehead atoms. The van der Waals surface area contributed by atoms with Gasteiger partial charge in [-0.2, -0.15) is 0 Å². The summed E-state index contributed by atoms with van der Waals surface area (Å²) in [6.07, 6.45) is 10.8. The fraction of sp³-hybridized carbons (Fsp3) is 0.259. The Labute approximate surface area is 197 Å². The molecule has 1 aliphatic carbocycles. The summed E-state index contributed by atoms with van der Waals surface area (Å²) in [5, 5.41) is 7.63. The minimum Gasteiger partial charge on any atom is -0.349 e. The van der Waals surface area contributed by atoms with E-state index in [1.165, 1.54) is 5.56 Å². The summed E-state index contributed by atoms with van der Waals surface area (Å²) in [4.78, 5) is 36.8. The first-order valence-electron chi connectivity index (χ1n) is 11.7. The van der Waals surface area contributed by atoms with Crippen molar-refractivity contribution in [1.82, 2.24) is 25.6 Å². The van der Waals surface area contributed by atoms with E-state index < -0.39 is 0 Å². The van der Waals surface area contributed by atoms with E-state index in [0.717, 1.165) is 54.3 Å². The highest BCUT2D eigenvalue weighted by molar-refractivity contribution is 5.98. The molecule has 1 fully saturated rings. The highest BCUT2D eigenvalue weighted by Gasteiger charge is 2.23. The van der Waals surface area contributed by atoms with Crippen molar-refractivity contribution in [1.29, 1.82) is 0 Å². The van der Waals surface area contributed by atoms with Gasteiger partial charge in [0.2, 0.25) is 0 Å². The van der Waals surface area contributed by atoms with Gasteiger partial charge < -0.3 is 15.6 Å². The van der Waals surface area contributed by atoms with E-state index in [2.05, 4.69) is 31.7 Å². The number of benzene rings is 1. The molecule has 3 N–H and O–H groups in total. The Balaban J connectivity index is 1.24. The summed E-state index contributed by atoms with van der Waals surface area (Å²) in [5.74, 6) is -0.326.